The molecule has 104 valence electrons. The lowest BCUT2D eigenvalue weighted by molar-refractivity contribution is 0.382. The number of guanidine groups is 1. The van der Waals surface area contributed by atoms with Crippen LogP contribution in [-0.2, 0) is 6.54 Å². The minimum atomic E-state index is 0.464. The van der Waals surface area contributed by atoms with Gasteiger partial charge in [0.1, 0.15) is 5.75 Å². The van der Waals surface area contributed by atoms with E-state index in [0.717, 1.165) is 14.9 Å². The van der Waals surface area contributed by atoms with E-state index in [1.54, 1.807) is 7.11 Å². The minimum Gasteiger partial charge on any atom is -0.496 e. The van der Waals surface area contributed by atoms with Crippen molar-refractivity contribution in [2.24, 2.45) is 10.7 Å². The molecule has 0 aromatic heterocycles. The summed E-state index contributed by atoms with van der Waals surface area (Å²) in [6, 6.07) is 4.27. The lowest BCUT2D eigenvalue weighted by atomic mass is 9.93. The molecule has 0 saturated heterocycles. The first-order chi connectivity index (χ1) is 9.10. The van der Waals surface area contributed by atoms with Crippen LogP contribution >= 0.6 is 34.2 Å². The van der Waals surface area contributed by atoms with Gasteiger partial charge in [-0.25, -0.2) is 4.99 Å². The highest BCUT2D eigenvalue weighted by Gasteiger charge is 2.17. The molecule has 0 radical (unpaired) electrons. The van der Waals surface area contributed by atoms with E-state index in [4.69, 9.17) is 22.1 Å². The Labute approximate surface area is 131 Å². The summed E-state index contributed by atoms with van der Waals surface area (Å²) in [7, 11) is 1.64. The molecule has 1 aromatic rings. The highest BCUT2D eigenvalue weighted by molar-refractivity contribution is 14.1. The number of nitrogens with one attached hydrogen (secondary N) is 1. The third-order valence-corrected chi connectivity index (χ3v) is 4.72. The van der Waals surface area contributed by atoms with Gasteiger partial charge in [-0.3, -0.25) is 0 Å². The van der Waals surface area contributed by atoms with E-state index in [1.165, 1.54) is 19.3 Å². The minimum absolute atomic E-state index is 0.464. The summed E-state index contributed by atoms with van der Waals surface area (Å²) in [6.07, 6.45) is 3.62. The second kappa shape index (κ2) is 6.65. The molecule has 0 unspecified atom stereocenters. The third kappa shape index (κ3) is 3.89. The van der Waals surface area contributed by atoms with Crippen LogP contribution in [0.4, 0.5) is 0 Å². The van der Waals surface area contributed by atoms with Crippen molar-refractivity contribution in [2.75, 3.05) is 7.11 Å². The third-order valence-electron chi connectivity index (χ3n) is 3.20. The van der Waals surface area contributed by atoms with Crippen LogP contribution in [0.5, 0.6) is 5.75 Å². The van der Waals surface area contributed by atoms with Gasteiger partial charge in [0, 0.05) is 15.2 Å². The molecule has 19 heavy (non-hydrogen) atoms. The second-order valence-electron chi connectivity index (χ2n) is 4.55. The van der Waals surface area contributed by atoms with Crippen LogP contribution in [0.25, 0.3) is 0 Å². The van der Waals surface area contributed by atoms with Crippen LogP contribution in [0, 0.1) is 3.57 Å². The number of aliphatic imine (C=N–C) groups is 1. The number of halogens is 2. The maximum absolute atomic E-state index is 6.12. The fraction of sp³-hybridized carbons (Fsp3) is 0.462. The average molecular weight is 394 g/mol. The van der Waals surface area contributed by atoms with Crippen molar-refractivity contribution in [1.29, 1.82) is 0 Å². The summed E-state index contributed by atoms with van der Waals surface area (Å²) in [5, 5.41) is 3.91. The van der Waals surface area contributed by atoms with Gasteiger partial charge in [0.05, 0.1) is 18.7 Å². The maximum Gasteiger partial charge on any atom is 0.189 e. The fourth-order valence-corrected chi connectivity index (χ4v) is 2.49. The van der Waals surface area contributed by atoms with Gasteiger partial charge in [0.25, 0.3) is 0 Å². The van der Waals surface area contributed by atoms with E-state index in [-0.39, 0.29) is 0 Å². The van der Waals surface area contributed by atoms with E-state index in [2.05, 4.69) is 32.9 Å². The van der Waals surface area contributed by atoms with E-state index < -0.39 is 0 Å². The molecule has 0 bridgehead atoms. The smallest absolute Gasteiger partial charge is 0.189 e. The first kappa shape index (κ1) is 14.7. The van der Waals surface area contributed by atoms with Gasteiger partial charge in [-0.15, -0.1) is 0 Å². The Morgan fingerprint density at radius 1 is 1.58 bits per heavy atom. The maximum atomic E-state index is 6.12. The molecule has 0 heterocycles. The largest absolute Gasteiger partial charge is 0.496 e. The van der Waals surface area contributed by atoms with Gasteiger partial charge in [0.2, 0.25) is 0 Å². The quantitative estimate of drug-likeness (QED) is 0.470. The van der Waals surface area contributed by atoms with Gasteiger partial charge in [-0.2, -0.15) is 0 Å². The van der Waals surface area contributed by atoms with Crippen molar-refractivity contribution in [2.45, 2.75) is 31.8 Å². The molecule has 1 aromatic carbocycles. The van der Waals surface area contributed by atoms with Crippen molar-refractivity contribution >= 4 is 40.2 Å². The molecule has 3 N–H and O–H groups in total. The van der Waals surface area contributed by atoms with Crippen LogP contribution in [0.2, 0.25) is 5.02 Å². The molecule has 0 aliphatic heterocycles. The van der Waals surface area contributed by atoms with Crippen molar-refractivity contribution in [3.05, 3.63) is 26.3 Å². The van der Waals surface area contributed by atoms with Gasteiger partial charge < -0.3 is 15.8 Å². The number of benzene rings is 1. The zero-order chi connectivity index (χ0) is 13.8. The highest BCUT2D eigenvalue weighted by atomic mass is 127. The number of methoxy groups -OCH3 is 1. The van der Waals surface area contributed by atoms with E-state index >= 15 is 0 Å². The topological polar surface area (TPSA) is 59.6 Å². The molecule has 0 spiro atoms. The summed E-state index contributed by atoms with van der Waals surface area (Å²) >= 11 is 8.29. The van der Waals surface area contributed by atoms with Gasteiger partial charge in [-0.1, -0.05) is 11.6 Å². The van der Waals surface area contributed by atoms with Crippen LogP contribution < -0.4 is 15.8 Å². The van der Waals surface area contributed by atoms with Crippen molar-refractivity contribution < 1.29 is 4.74 Å². The number of hydrogen-bond donors (Lipinski definition) is 2. The molecule has 4 nitrogen and oxygen atoms in total. The summed E-state index contributed by atoms with van der Waals surface area (Å²) in [5.74, 6) is 1.27. The molecular weight excluding hydrogens is 377 g/mol. The Morgan fingerprint density at radius 3 is 2.89 bits per heavy atom. The summed E-state index contributed by atoms with van der Waals surface area (Å²) < 4.78 is 6.30. The zero-order valence-electron chi connectivity index (χ0n) is 10.7. The number of rotatable bonds is 4. The number of nitrogens with zero attached hydrogens (tertiary/aromatic N) is 1. The Hall–Kier alpha value is -0.690. The van der Waals surface area contributed by atoms with Crippen LogP contribution in [0.1, 0.15) is 24.8 Å². The number of ether oxygens (including phenoxy) is 1. The van der Waals surface area contributed by atoms with Crippen molar-refractivity contribution in [3.63, 3.8) is 0 Å². The normalized spacial score (nSPS) is 16.1. The van der Waals surface area contributed by atoms with Crippen molar-refractivity contribution in [1.82, 2.24) is 5.32 Å². The lowest BCUT2D eigenvalue weighted by Crippen LogP contribution is -2.43. The van der Waals surface area contributed by atoms with E-state index in [9.17, 15) is 0 Å². The monoisotopic (exact) mass is 393 g/mol. The molecule has 6 heteroatoms. The molecule has 0 atom stereocenters. The second-order valence-corrected chi connectivity index (χ2v) is 6.12. The summed E-state index contributed by atoms with van der Waals surface area (Å²) in [4.78, 5) is 4.34. The van der Waals surface area contributed by atoms with Crippen LogP contribution in [0.15, 0.2) is 17.1 Å². The number of nitrogens with two attached hydrogens (primary N) is 1. The summed E-state index contributed by atoms with van der Waals surface area (Å²) in [5.41, 5.74) is 6.79. The predicted molar refractivity (Wildman–Crippen MR) is 86.8 cm³/mol. The van der Waals surface area contributed by atoms with Gasteiger partial charge in [-0.05, 0) is 54.0 Å². The van der Waals surface area contributed by atoms with Gasteiger partial charge >= 0.3 is 0 Å². The molecule has 1 aliphatic carbocycles. The summed E-state index contributed by atoms with van der Waals surface area (Å²) in [6.45, 7) is 0.464. The standard InChI is InChI=1S/C13H17ClIN3O/c1-19-12-6-11(15)10(14)5-8(12)7-17-13(16)18-9-3-2-4-9/h5-6,9H,2-4,7H2,1H3,(H3,16,17,18). The SMILES string of the molecule is COc1cc(I)c(Cl)cc1CN=C(N)NC1CCC1. The first-order valence-electron chi connectivity index (χ1n) is 6.18. The number of hydrogen-bond acceptors (Lipinski definition) is 2. The fourth-order valence-electron chi connectivity index (χ4n) is 1.86. The van der Waals surface area contributed by atoms with E-state index in [0.29, 0.717) is 23.6 Å². The first-order valence-corrected chi connectivity index (χ1v) is 7.64. The zero-order valence-corrected chi connectivity index (χ0v) is 13.7. The Morgan fingerprint density at radius 2 is 2.32 bits per heavy atom. The van der Waals surface area contributed by atoms with E-state index in [1.807, 2.05) is 12.1 Å². The Balaban J connectivity index is 2.05. The highest BCUT2D eigenvalue weighted by Crippen LogP contribution is 2.28. The predicted octanol–water partition coefficient (Wildman–Crippen LogP) is 2.91. The molecule has 2 rings (SSSR count). The Bertz CT molecular complexity index is 489. The lowest BCUT2D eigenvalue weighted by Gasteiger charge is -2.26. The molecule has 0 amide bonds. The molecule has 1 aliphatic rings. The molecule has 1 saturated carbocycles. The van der Waals surface area contributed by atoms with Gasteiger partial charge in [0.15, 0.2) is 5.96 Å². The Kier molecular flexibility index (Phi) is 5.15. The van der Waals surface area contributed by atoms with Crippen molar-refractivity contribution in [3.8, 4) is 5.75 Å². The van der Waals surface area contributed by atoms with Crippen LogP contribution in [-0.4, -0.2) is 19.1 Å². The van der Waals surface area contributed by atoms with Crippen LogP contribution in [0.3, 0.4) is 0 Å². The molecular formula is C13H17ClIN3O. The average Bonchev–Trinajstić information content (AvgIpc) is 2.34. The molecule has 1 fully saturated rings.